The Morgan fingerprint density at radius 2 is 2.27 bits per heavy atom. The van der Waals surface area contributed by atoms with Crippen molar-refractivity contribution in [3.05, 3.63) is 12.4 Å². The quantitative estimate of drug-likeness (QED) is 0.793. The molecule has 3 nitrogen and oxygen atoms in total. The summed E-state index contributed by atoms with van der Waals surface area (Å²) in [7, 11) is 0. The molecule has 0 radical (unpaired) electrons. The molecule has 1 aromatic heterocycles. The summed E-state index contributed by atoms with van der Waals surface area (Å²) < 4.78 is 25.3. The molecule has 1 N–H and O–H groups in total. The first-order chi connectivity index (χ1) is 7.11. The summed E-state index contributed by atoms with van der Waals surface area (Å²) in [6.07, 6.45) is 1.92. The van der Waals surface area contributed by atoms with E-state index in [9.17, 15) is 8.78 Å². The molecule has 5 heteroatoms. The first kappa shape index (κ1) is 11.9. The molecule has 15 heavy (non-hydrogen) atoms. The van der Waals surface area contributed by atoms with Crippen molar-refractivity contribution in [1.82, 2.24) is 9.78 Å². The van der Waals surface area contributed by atoms with E-state index in [2.05, 4.69) is 24.3 Å². The molecule has 0 aromatic carbocycles. The molecule has 1 unspecified atom stereocenters. The third kappa shape index (κ3) is 4.27. The number of hydrogen-bond acceptors (Lipinski definition) is 2. The number of alkyl halides is 2. The lowest BCUT2D eigenvalue weighted by Gasteiger charge is -2.08. The van der Waals surface area contributed by atoms with Crippen molar-refractivity contribution >= 4 is 5.69 Å². The van der Waals surface area contributed by atoms with E-state index in [4.69, 9.17) is 0 Å². The summed E-state index contributed by atoms with van der Waals surface area (Å²) >= 11 is 0. The second-order valence-corrected chi connectivity index (χ2v) is 3.74. The lowest BCUT2D eigenvalue weighted by Crippen LogP contribution is -2.10. The molecule has 0 saturated carbocycles. The minimum absolute atomic E-state index is 0.342. The predicted molar refractivity (Wildman–Crippen MR) is 56.2 cm³/mol. The maximum Gasteiger partial charge on any atom is 0.257 e. The second-order valence-electron chi connectivity index (χ2n) is 3.74. The van der Waals surface area contributed by atoms with E-state index >= 15 is 0 Å². The summed E-state index contributed by atoms with van der Waals surface area (Å²) in [6, 6.07) is 0. The van der Waals surface area contributed by atoms with Gasteiger partial charge in [0.2, 0.25) is 0 Å². The van der Waals surface area contributed by atoms with Crippen LogP contribution < -0.4 is 5.32 Å². The van der Waals surface area contributed by atoms with Gasteiger partial charge in [-0.1, -0.05) is 20.3 Å². The lowest BCUT2D eigenvalue weighted by atomic mass is 10.1. The Balaban J connectivity index is 2.39. The summed E-state index contributed by atoms with van der Waals surface area (Å²) in [5, 5.41) is 7.00. The number of anilines is 1. The van der Waals surface area contributed by atoms with Crippen molar-refractivity contribution in [3.63, 3.8) is 0 Å². The first-order valence-electron chi connectivity index (χ1n) is 5.16. The van der Waals surface area contributed by atoms with Gasteiger partial charge in [-0.3, -0.25) is 4.68 Å². The van der Waals surface area contributed by atoms with Crippen LogP contribution in [0.15, 0.2) is 12.4 Å². The van der Waals surface area contributed by atoms with Crippen LogP contribution in [0.2, 0.25) is 0 Å². The lowest BCUT2D eigenvalue weighted by molar-refractivity contribution is 0.122. The zero-order chi connectivity index (χ0) is 11.3. The highest BCUT2D eigenvalue weighted by atomic mass is 19.3. The van der Waals surface area contributed by atoms with Crippen molar-refractivity contribution in [2.75, 3.05) is 11.9 Å². The standard InChI is InChI=1S/C10H17F2N3/c1-3-8(2)4-13-9-5-14-15(6-9)7-10(11)12/h5-6,8,10,13H,3-4,7H2,1-2H3. The molecule has 0 aliphatic rings. The predicted octanol–water partition coefficient (Wildman–Crippen LogP) is 2.61. The van der Waals surface area contributed by atoms with Crippen molar-refractivity contribution in [2.24, 2.45) is 5.92 Å². The summed E-state index contributed by atoms with van der Waals surface area (Å²) in [5.41, 5.74) is 0.802. The number of halogens is 2. The Kier molecular flexibility index (Phi) is 4.52. The minimum atomic E-state index is -2.35. The van der Waals surface area contributed by atoms with Gasteiger partial charge in [-0.15, -0.1) is 0 Å². The monoisotopic (exact) mass is 217 g/mol. The zero-order valence-electron chi connectivity index (χ0n) is 9.08. The maximum absolute atomic E-state index is 12.0. The molecule has 1 rings (SSSR count). The van der Waals surface area contributed by atoms with Gasteiger partial charge < -0.3 is 5.32 Å². The van der Waals surface area contributed by atoms with Gasteiger partial charge in [-0.2, -0.15) is 5.10 Å². The van der Waals surface area contributed by atoms with E-state index in [0.29, 0.717) is 5.92 Å². The molecule has 1 heterocycles. The highest BCUT2D eigenvalue weighted by Crippen LogP contribution is 2.09. The van der Waals surface area contributed by atoms with Crippen LogP contribution in [0.4, 0.5) is 14.5 Å². The van der Waals surface area contributed by atoms with Gasteiger partial charge in [0.05, 0.1) is 11.9 Å². The van der Waals surface area contributed by atoms with Crippen molar-refractivity contribution in [2.45, 2.75) is 33.2 Å². The molecule has 0 saturated heterocycles. The molecule has 0 aliphatic heterocycles. The van der Waals surface area contributed by atoms with Crippen molar-refractivity contribution in [1.29, 1.82) is 0 Å². The fourth-order valence-corrected chi connectivity index (χ4v) is 1.13. The van der Waals surface area contributed by atoms with Crippen LogP contribution in [-0.4, -0.2) is 22.8 Å². The number of nitrogens with zero attached hydrogens (tertiary/aromatic N) is 2. The molecule has 86 valence electrons. The summed E-state index contributed by atoms with van der Waals surface area (Å²) in [6.45, 7) is 4.75. The fourth-order valence-electron chi connectivity index (χ4n) is 1.13. The van der Waals surface area contributed by atoms with Crippen LogP contribution in [0.1, 0.15) is 20.3 Å². The van der Waals surface area contributed by atoms with E-state index in [1.165, 1.54) is 4.68 Å². The highest BCUT2D eigenvalue weighted by Gasteiger charge is 2.05. The van der Waals surface area contributed by atoms with E-state index in [-0.39, 0.29) is 6.54 Å². The molecule has 1 atom stereocenters. The molecule has 1 aromatic rings. The number of hydrogen-bond donors (Lipinski definition) is 1. The van der Waals surface area contributed by atoms with E-state index in [0.717, 1.165) is 18.7 Å². The van der Waals surface area contributed by atoms with Crippen LogP contribution in [0.25, 0.3) is 0 Å². The maximum atomic E-state index is 12.0. The number of aromatic nitrogens is 2. The van der Waals surface area contributed by atoms with E-state index in [1.54, 1.807) is 12.4 Å². The Bertz CT molecular complexity index is 286. The molecule has 0 spiro atoms. The Labute approximate surface area is 88.5 Å². The number of nitrogens with one attached hydrogen (secondary N) is 1. The van der Waals surface area contributed by atoms with Gasteiger partial charge in [0.1, 0.15) is 6.54 Å². The third-order valence-corrected chi connectivity index (χ3v) is 2.31. The summed E-state index contributed by atoms with van der Waals surface area (Å²) in [5.74, 6) is 0.573. The van der Waals surface area contributed by atoms with Crippen LogP contribution >= 0.6 is 0 Å². The largest absolute Gasteiger partial charge is 0.382 e. The average Bonchev–Trinajstić information content (AvgIpc) is 2.61. The smallest absolute Gasteiger partial charge is 0.257 e. The molecular formula is C10H17F2N3. The Morgan fingerprint density at radius 3 is 2.87 bits per heavy atom. The Hall–Kier alpha value is -1.13. The van der Waals surface area contributed by atoms with E-state index in [1.807, 2.05) is 0 Å². The van der Waals surface area contributed by atoms with Gasteiger partial charge >= 0.3 is 0 Å². The topological polar surface area (TPSA) is 29.9 Å². The molecule has 0 fully saturated rings. The molecular weight excluding hydrogens is 200 g/mol. The van der Waals surface area contributed by atoms with Gasteiger partial charge in [-0.05, 0) is 5.92 Å². The van der Waals surface area contributed by atoms with Crippen molar-refractivity contribution < 1.29 is 8.78 Å². The summed E-state index contributed by atoms with van der Waals surface area (Å²) in [4.78, 5) is 0. The van der Waals surface area contributed by atoms with Gasteiger partial charge in [0, 0.05) is 12.7 Å². The SMILES string of the molecule is CCC(C)CNc1cnn(CC(F)F)c1. The average molecular weight is 217 g/mol. The minimum Gasteiger partial charge on any atom is -0.382 e. The van der Waals surface area contributed by atoms with Crippen molar-refractivity contribution in [3.8, 4) is 0 Å². The highest BCUT2D eigenvalue weighted by molar-refractivity contribution is 5.37. The van der Waals surface area contributed by atoms with Gasteiger partial charge in [0.25, 0.3) is 6.43 Å². The molecule has 0 amide bonds. The molecule has 0 bridgehead atoms. The van der Waals surface area contributed by atoms with Crippen LogP contribution in [0.3, 0.4) is 0 Å². The van der Waals surface area contributed by atoms with Gasteiger partial charge in [-0.25, -0.2) is 8.78 Å². The molecule has 0 aliphatic carbocycles. The first-order valence-corrected chi connectivity index (χ1v) is 5.16. The van der Waals surface area contributed by atoms with Crippen LogP contribution in [0, 0.1) is 5.92 Å². The number of rotatable bonds is 6. The van der Waals surface area contributed by atoms with Crippen LogP contribution in [0.5, 0.6) is 0 Å². The fraction of sp³-hybridized carbons (Fsp3) is 0.700. The van der Waals surface area contributed by atoms with Gasteiger partial charge in [0.15, 0.2) is 0 Å². The second kappa shape index (κ2) is 5.68. The van der Waals surface area contributed by atoms with Crippen LogP contribution in [-0.2, 0) is 6.54 Å². The Morgan fingerprint density at radius 1 is 1.53 bits per heavy atom. The zero-order valence-corrected chi connectivity index (χ0v) is 9.08. The van der Waals surface area contributed by atoms with E-state index < -0.39 is 6.43 Å². The third-order valence-electron chi connectivity index (χ3n) is 2.31. The normalized spacial score (nSPS) is 13.1.